The summed E-state index contributed by atoms with van der Waals surface area (Å²) >= 11 is 0. The van der Waals surface area contributed by atoms with E-state index in [0.717, 1.165) is 25.3 Å². The Balaban J connectivity index is 2.34. The van der Waals surface area contributed by atoms with Gasteiger partial charge in [0.2, 0.25) is 0 Å². The molecule has 1 saturated heterocycles. The molecule has 0 bridgehead atoms. The van der Waals surface area contributed by atoms with Gasteiger partial charge in [-0.25, -0.2) is 9.78 Å². The quantitative estimate of drug-likeness (QED) is 0.681. The van der Waals surface area contributed by atoms with Crippen LogP contribution in [0.2, 0.25) is 0 Å². The van der Waals surface area contributed by atoms with E-state index < -0.39 is 5.69 Å². The van der Waals surface area contributed by atoms with Crippen molar-refractivity contribution in [3.8, 4) is 0 Å². The molecule has 2 aromatic heterocycles. The molecule has 0 aliphatic carbocycles. The van der Waals surface area contributed by atoms with Crippen LogP contribution in [0.25, 0.3) is 11.2 Å². The molecule has 0 aromatic carbocycles. The Hall–Kier alpha value is -1.89. The molecule has 1 aliphatic rings. The van der Waals surface area contributed by atoms with Gasteiger partial charge in [0.1, 0.15) is 5.82 Å². The Labute approximate surface area is 102 Å². The lowest BCUT2D eigenvalue weighted by molar-refractivity contribution is 0.666. The minimum absolute atomic E-state index is 0.303. The van der Waals surface area contributed by atoms with Crippen molar-refractivity contribution in [2.45, 2.75) is 12.3 Å². The SMILES string of the molecule is Cn1c(C2CCNC2)nc2c1c(=O)[nH]c(=O)n2C. The number of H-pyrrole nitrogens is 1. The van der Waals surface area contributed by atoms with Crippen LogP contribution in [0.5, 0.6) is 0 Å². The van der Waals surface area contributed by atoms with Crippen molar-refractivity contribution in [2.75, 3.05) is 13.1 Å². The molecule has 3 rings (SSSR count). The van der Waals surface area contributed by atoms with Crippen LogP contribution in [0.4, 0.5) is 0 Å². The highest BCUT2D eigenvalue weighted by Crippen LogP contribution is 2.22. The van der Waals surface area contributed by atoms with Crippen molar-refractivity contribution < 1.29 is 0 Å². The summed E-state index contributed by atoms with van der Waals surface area (Å²) < 4.78 is 3.17. The summed E-state index contributed by atoms with van der Waals surface area (Å²) in [6, 6.07) is 0. The zero-order valence-electron chi connectivity index (χ0n) is 10.4. The second-order valence-electron chi connectivity index (χ2n) is 4.71. The molecule has 0 amide bonds. The van der Waals surface area contributed by atoms with E-state index in [4.69, 9.17) is 0 Å². The number of hydrogen-bond donors (Lipinski definition) is 2. The van der Waals surface area contributed by atoms with E-state index in [1.807, 2.05) is 7.05 Å². The van der Waals surface area contributed by atoms with Gasteiger partial charge in [-0.2, -0.15) is 0 Å². The fourth-order valence-corrected chi connectivity index (χ4v) is 2.57. The average Bonchev–Trinajstić information content (AvgIpc) is 2.93. The first-order valence-electron chi connectivity index (χ1n) is 5.96. The Morgan fingerprint density at radius 1 is 1.28 bits per heavy atom. The molecule has 0 saturated carbocycles. The normalized spacial score (nSPS) is 19.8. The predicted octanol–water partition coefficient (Wildman–Crippen LogP) is -0.963. The van der Waals surface area contributed by atoms with E-state index in [9.17, 15) is 9.59 Å². The van der Waals surface area contributed by atoms with Crippen LogP contribution in [0.3, 0.4) is 0 Å². The van der Waals surface area contributed by atoms with E-state index in [2.05, 4.69) is 15.3 Å². The highest BCUT2D eigenvalue weighted by Gasteiger charge is 2.24. The Bertz CT molecular complexity index is 717. The van der Waals surface area contributed by atoms with Gasteiger partial charge in [-0.05, 0) is 13.0 Å². The van der Waals surface area contributed by atoms with E-state index >= 15 is 0 Å². The van der Waals surface area contributed by atoms with Gasteiger partial charge in [0.15, 0.2) is 11.2 Å². The molecular formula is C11H15N5O2. The number of imidazole rings is 1. The highest BCUT2D eigenvalue weighted by atomic mass is 16.2. The lowest BCUT2D eigenvalue weighted by Gasteiger charge is -2.07. The van der Waals surface area contributed by atoms with Gasteiger partial charge in [0, 0.05) is 26.6 Å². The third-order valence-corrected chi connectivity index (χ3v) is 3.59. The summed E-state index contributed by atoms with van der Waals surface area (Å²) in [6.45, 7) is 1.83. The monoisotopic (exact) mass is 249 g/mol. The summed E-state index contributed by atoms with van der Waals surface area (Å²) in [6.07, 6.45) is 1.00. The van der Waals surface area contributed by atoms with Crippen molar-refractivity contribution >= 4 is 11.2 Å². The first-order chi connectivity index (χ1) is 8.59. The minimum atomic E-state index is -0.429. The van der Waals surface area contributed by atoms with Crippen molar-refractivity contribution in [3.05, 3.63) is 26.7 Å². The fraction of sp³-hybridized carbons (Fsp3) is 0.545. The number of fused-ring (bicyclic) bond motifs is 1. The molecule has 96 valence electrons. The number of nitrogens with zero attached hydrogens (tertiary/aromatic N) is 3. The van der Waals surface area contributed by atoms with Crippen LogP contribution in [-0.2, 0) is 14.1 Å². The zero-order chi connectivity index (χ0) is 12.9. The number of aromatic amines is 1. The molecule has 1 aliphatic heterocycles. The summed E-state index contributed by atoms with van der Waals surface area (Å²) in [7, 11) is 3.44. The van der Waals surface area contributed by atoms with Crippen LogP contribution in [-0.4, -0.2) is 32.2 Å². The number of aromatic nitrogens is 4. The van der Waals surface area contributed by atoms with E-state index in [1.165, 1.54) is 4.57 Å². The topological polar surface area (TPSA) is 84.7 Å². The van der Waals surface area contributed by atoms with Crippen LogP contribution >= 0.6 is 0 Å². The maximum atomic E-state index is 11.9. The van der Waals surface area contributed by atoms with Gasteiger partial charge in [-0.15, -0.1) is 0 Å². The Morgan fingerprint density at radius 3 is 2.72 bits per heavy atom. The molecule has 0 spiro atoms. The Morgan fingerprint density at radius 2 is 2.06 bits per heavy atom. The van der Waals surface area contributed by atoms with Crippen molar-refractivity contribution in [1.82, 2.24) is 24.4 Å². The third-order valence-electron chi connectivity index (χ3n) is 3.59. The van der Waals surface area contributed by atoms with Gasteiger partial charge in [-0.1, -0.05) is 0 Å². The molecule has 1 fully saturated rings. The third kappa shape index (κ3) is 1.43. The van der Waals surface area contributed by atoms with Gasteiger partial charge >= 0.3 is 5.69 Å². The van der Waals surface area contributed by atoms with Gasteiger partial charge in [0.25, 0.3) is 5.56 Å². The molecule has 18 heavy (non-hydrogen) atoms. The van der Waals surface area contributed by atoms with Crippen LogP contribution in [0, 0.1) is 0 Å². The predicted molar refractivity (Wildman–Crippen MR) is 66.8 cm³/mol. The lowest BCUT2D eigenvalue weighted by atomic mass is 10.1. The molecule has 2 aromatic rings. The van der Waals surface area contributed by atoms with Crippen LogP contribution in [0.1, 0.15) is 18.2 Å². The van der Waals surface area contributed by atoms with Gasteiger partial charge < -0.3 is 9.88 Å². The summed E-state index contributed by atoms with van der Waals surface area (Å²) in [4.78, 5) is 30.2. The standard InChI is InChI=1S/C11H15N5O2/c1-15-7-9(16(2)11(18)14-10(7)17)13-8(15)6-3-4-12-5-6/h6,12H,3-5H2,1-2H3,(H,14,17,18). The molecule has 1 atom stereocenters. The van der Waals surface area contributed by atoms with Crippen LogP contribution < -0.4 is 16.6 Å². The average molecular weight is 249 g/mol. The van der Waals surface area contributed by atoms with Crippen LogP contribution in [0.15, 0.2) is 9.59 Å². The minimum Gasteiger partial charge on any atom is -0.325 e. The maximum Gasteiger partial charge on any atom is 0.329 e. The molecular weight excluding hydrogens is 234 g/mol. The summed E-state index contributed by atoms with van der Waals surface area (Å²) in [5.41, 5.74) is 0.106. The van der Waals surface area contributed by atoms with Crippen molar-refractivity contribution in [1.29, 1.82) is 0 Å². The van der Waals surface area contributed by atoms with Crippen molar-refractivity contribution in [3.63, 3.8) is 0 Å². The summed E-state index contributed by atoms with van der Waals surface area (Å²) in [5.74, 6) is 1.17. The Kier molecular flexibility index (Phi) is 2.37. The maximum absolute atomic E-state index is 11.9. The summed E-state index contributed by atoms with van der Waals surface area (Å²) in [5, 5.41) is 3.28. The van der Waals surface area contributed by atoms with Gasteiger partial charge in [-0.3, -0.25) is 14.3 Å². The number of hydrogen-bond acceptors (Lipinski definition) is 4. The second-order valence-corrected chi connectivity index (χ2v) is 4.71. The number of nitrogens with one attached hydrogen (secondary N) is 2. The van der Waals surface area contributed by atoms with E-state index in [0.29, 0.717) is 17.1 Å². The lowest BCUT2D eigenvalue weighted by Crippen LogP contribution is -2.29. The van der Waals surface area contributed by atoms with E-state index in [-0.39, 0.29) is 5.56 Å². The second kappa shape index (κ2) is 3.81. The fourth-order valence-electron chi connectivity index (χ4n) is 2.57. The smallest absolute Gasteiger partial charge is 0.325 e. The zero-order valence-corrected chi connectivity index (χ0v) is 10.4. The first-order valence-corrected chi connectivity index (χ1v) is 5.96. The molecule has 1 unspecified atom stereocenters. The highest BCUT2D eigenvalue weighted by molar-refractivity contribution is 5.70. The largest absolute Gasteiger partial charge is 0.329 e. The first kappa shape index (κ1) is 11.2. The molecule has 3 heterocycles. The number of aryl methyl sites for hydroxylation is 2. The molecule has 0 radical (unpaired) electrons. The van der Waals surface area contributed by atoms with Crippen molar-refractivity contribution in [2.24, 2.45) is 14.1 Å². The van der Waals surface area contributed by atoms with E-state index in [1.54, 1.807) is 11.6 Å². The number of rotatable bonds is 1. The molecule has 7 nitrogen and oxygen atoms in total. The molecule has 2 N–H and O–H groups in total. The van der Waals surface area contributed by atoms with Gasteiger partial charge in [0.05, 0.1) is 0 Å². The molecule has 7 heteroatoms.